The first-order valence-electron chi connectivity index (χ1n) is 22.6. The molecular formula is C60H56N2. The lowest BCUT2D eigenvalue weighted by Crippen LogP contribution is -2.13. The van der Waals surface area contributed by atoms with Gasteiger partial charge in [-0.1, -0.05) is 177 Å². The molecule has 62 heavy (non-hydrogen) atoms. The first-order chi connectivity index (χ1) is 30.1. The van der Waals surface area contributed by atoms with E-state index < -0.39 is 0 Å². The first kappa shape index (κ1) is 39.5. The summed E-state index contributed by atoms with van der Waals surface area (Å²) in [6.45, 7) is 18.5. The van der Waals surface area contributed by atoms with Crippen LogP contribution in [-0.4, -0.2) is 0 Å². The molecule has 0 amide bonds. The molecule has 10 aromatic carbocycles. The van der Waals surface area contributed by atoms with Crippen LogP contribution in [0.5, 0.6) is 0 Å². The van der Waals surface area contributed by atoms with E-state index in [2.05, 4.69) is 235 Å². The molecule has 0 saturated carbocycles. The van der Waals surface area contributed by atoms with E-state index in [4.69, 9.17) is 0 Å². The third kappa shape index (κ3) is 6.56. The Morgan fingerprint density at radius 3 is 1.02 bits per heavy atom. The zero-order valence-electron chi connectivity index (χ0n) is 37.4. The molecule has 0 saturated heterocycles. The van der Waals surface area contributed by atoms with Gasteiger partial charge in [0.15, 0.2) is 0 Å². The molecule has 2 nitrogen and oxygen atoms in total. The van der Waals surface area contributed by atoms with Crippen molar-refractivity contribution in [2.75, 3.05) is 9.80 Å². The topological polar surface area (TPSA) is 6.48 Å². The quantitative estimate of drug-likeness (QED) is 0.127. The molecule has 0 N–H and O–H groups in total. The van der Waals surface area contributed by atoms with Crippen LogP contribution in [0.15, 0.2) is 170 Å². The Bertz CT molecular complexity index is 3010. The van der Waals surface area contributed by atoms with E-state index in [9.17, 15) is 0 Å². The summed E-state index contributed by atoms with van der Waals surface area (Å²) in [5, 5.41) is 12.8. The fourth-order valence-electron chi connectivity index (χ4n) is 9.97. The van der Waals surface area contributed by atoms with E-state index in [0.717, 1.165) is 11.4 Å². The highest BCUT2D eigenvalue weighted by atomic mass is 15.2. The minimum absolute atomic E-state index is 0.298. The van der Waals surface area contributed by atoms with Gasteiger partial charge >= 0.3 is 0 Å². The largest absolute Gasteiger partial charge is 0.309 e. The van der Waals surface area contributed by atoms with Gasteiger partial charge in [0.25, 0.3) is 0 Å². The van der Waals surface area contributed by atoms with Crippen molar-refractivity contribution >= 4 is 88.0 Å². The van der Waals surface area contributed by atoms with Crippen LogP contribution in [-0.2, 0) is 0 Å². The summed E-state index contributed by atoms with van der Waals surface area (Å²) in [7, 11) is 0. The fraction of sp³-hybridized carbons (Fsp3) is 0.200. The number of fused-ring (bicyclic) bond motifs is 2. The normalized spacial score (nSPS) is 12.1. The Hall–Kier alpha value is -6.64. The highest BCUT2D eigenvalue weighted by Crippen LogP contribution is 2.52. The van der Waals surface area contributed by atoms with Crippen LogP contribution in [0, 0.1) is 0 Å². The molecule has 0 spiro atoms. The maximum absolute atomic E-state index is 2.53. The average Bonchev–Trinajstić information content (AvgIpc) is 3.29. The highest BCUT2D eigenvalue weighted by Gasteiger charge is 2.27. The average molecular weight is 805 g/mol. The van der Waals surface area contributed by atoms with Crippen molar-refractivity contribution in [2.45, 2.75) is 79.1 Å². The number of hydrogen-bond donors (Lipinski definition) is 0. The van der Waals surface area contributed by atoms with Gasteiger partial charge in [-0.15, -0.1) is 0 Å². The second-order valence-electron chi connectivity index (χ2n) is 18.5. The van der Waals surface area contributed by atoms with E-state index in [1.54, 1.807) is 0 Å². The number of anilines is 6. The third-order valence-electron chi connectivity index (χ3n) is 13.3. The molecule has 306 valence electrons. The monoisotopic (exact) mass is 804 g/mol. The van der Waals surface area contributed by atoms with Crippen LogP contribution in [0.1, 0.15) is 101 Å². The van der Waals surface area contributed by atoms with Crippen LogP contribution < -0.4 is 9.80 Å². The minimum atomic E-state index is 0.298. The molecule has 0 aromatic heterocycles. The summed E-state index contributed by atoms with van der Waals surface area (Å²) in [4.78, 5) is 5.07. The number of hydrogen-bond acceptors (Lipinski definition) is 2. The Morgan fingerprint density at radius 2 is 0.645 bits per heavy atom. The van der Waals surface area contributed by atoms with E-state index >= 15 is 0 Å². The van der Waals surface area contributed by atoms with Gasteiger partial charge in [-0.25, -0.2) is 0 Å². The number of benzene rings is 10. The van der Waals surface area contributed by atoms with Gasteiger partial charge in [0.05, 0.1) is 22.7 Å². The Morgan fingerprint density at radius 1 is 0.290 bits per heavy atom. The minimum Gasteiger partial charge on any atom is -0.309 e. The molecule has 0 heterocycles. The molecule has 0 bridgehead atoms. The van der Waals surface area contributed by atoms with Crippen molar-refractivity contribution < 1.29 is 0 Å². The van der Waals surface area contributed by atoms with Gasteiger partial charge in [-0.2, -0.15) is 0 Å². The Kier molecular flexibility index (Phi) is 9.99. The third-order valence-corrected chi connectivity index (χ3v) is 13.3. The van der Waals surface area contributed by atoms with Crippen LogP contribution >= 0.6 is 0 Å². The van der Waals surface area contributed by atoms with Crippen molar-refractivity contribution in [1.29, 1.82) is 0 Å². The molecular weight excluding hydrogens is 749 g/mol. The zero-order chi connectivity index (χ0) is 42.8. The standard InChI is InChI=1S/C60H56N2/c1-37(2)41-23-27-45(28-24-41)61(55-21-13-17-43-15-9-11-19-47(43)55)57-35-53(39(5)6)49-32-34-52-58(36-54(40(7)8)50-31-33-51(57)59(49)60(50)52)62(46-29-25-42(26-30-46)38(3)4)56-22-14-18-44-16-10-12-20-48(44)56/h9-40H,1-8H3. The smallest absolute Gasteiger partial charge is 0.0543 e. The first-order valence-corrected chi connectivity index (χ1v) is 22.6. The van der Waals surface area contributed by atoms with Gasteiger partial charge in [0.2, 0.25) is 0 Å². The van der Waals surface area contributed by atoms with Crippen LogP contribution in [0.2, 0.25) is 0 Å². The Labute approximate surface area is 367 Å². The van der Waals surface area contributed by atoms with Crippen LogP contribution in [0.25, 0.3) is 53.9 Å². The van der Waals surface area contributed by atoms with Gasteiger partial charge in [-0.3, -0.25) is 0 Å². The molecule has 0 aliphatic carbocycles. The highest BCUT2D eigenvalue weighted by molar-refractivity contribution is 6.30. The predicted octanol–water partition coefficient (Wildman–Crippen LogP) is 18.3. The van der Waals surface area contributed by atoms with Crippen LogP contribution in [0.4, 0.5) is 34.1 Å². The van der Waals surface area contributed by atoms with Crippen molar-refractivity contribution in [3.05, 3.63) is 192 Å². The van der Waals surface area contributed by atoms with Crippen molar-refractivity contribution in [2.24, 2.45) is 0 Å². The van der Waals surface area contributed by atoms with Crippen molar-refractivity contribution in [3.8, 4) is 0 Å². The summed E-state index contributed by atoms with van der Waals surface area (Å²) < 4.78 is 0. The molecule has 10 rings (SSSR count). The molecule has 2 heteroatoms. The summed E-state index contributed by atoms with van der Waals surface area (Å²) in [5.41, 5.74) is 12.5. The zero-order valence-corrected chi connectivity index (χ0v) is 37.4. The molecule has 0 aliphatic rings. The van der Waals surface area contributed by atoms with E-state index in [-0.39, 0.29) is 0 Å². The van der Waals surface area contributed by atoms with Gasteiger partial charge in [0, 0.05) is 32.9 Å². The summed E-state index contributed by atoms with van der Waals surface area (Å²) in [6, 6.07) is 64.3. The van der Waals surface area contributed by atoms with E-state index in [1.165, 1.54) is 98.9 Å². The molecule has 0 radical (unpaired) electrons. The summed E-state index contributed by atoms with van der Waals surface area (Å²) >= 11 is 0. The van der Waals surface area contributed by atoms with Crippen molar-refractivity contribution in [1.82, 2.24) is 0 Å². The summed E-state index contributed by atoms with van der Waals surface area (Å²) in [5.74, 6) is 1.49. The van der Waals surface area contributed by atoms with E-state index in [1.807, 2.05) is 0 Å². The molecule has 0 atom stereocenters. The lowest BCUT2D eigenvalue weighted by atomic mass is 9.84. The van der Waals surface area contributed by atoms with Gasteiger partial charge < -0.3 is 9.80 Å². The second kappa shape index (κ2) is 15.7. The van der Waals surface area contributed by atoms with Crippen LogP contribution in [0.3, 0.4) is 0 Å². The maximum Gasteiger partial charge on any atom is 0.0543 e. The predicted molar refractivity (Wildman–Crippen MR) is 271 cm³/mol. The SMILES string of the molecule is CC(C)c1ccc(N(c2cccc3ccccc23)c2cc(C(C)C)c3ccc4c(N(c5ccc(C(C)C)cc5)c5cccc6ccccc56)cc(C(C)C)c5ccc2c3c54)cc1. The number of rotatable bonds is 10. The lowest BCUT2D eigenvalue weighted by molar-refractivity contribution is 0.866. The van der Waals surface area contributed by atoms with E-state index in [0.29, 0.717) is 23.7 Å². The van der Waals surface area contributed by atoms with Gasteiger partial charge in [-0.05, 0) is 127 Å². The second-order valence-corrected chi connectivity index (χ2v) is 18.5. The van der Waals surface area contributed by atoms with Gasteiger partial charge in [0.1, 0.15) is 0 Å². The number of nitrogens with zero attached hydrogens (tertiary/aromatic N) is 2. The molecule has 0 unspecified atom stereocenters. The Balaban J connectivity index is 1.33. The molecule has 0 aliphatic heterocycles. The fourth-order valence-corrected chi connectivity index (χ4v) is 9.97. The molecule has 0 fully saturated rings. The maximum atomic E-state index is 2.53. The summed E-state index contributed by atoms with van der Waals surface area (Å²) in [6.07, 6.45) is 0. The molecule has 10 aromatic rings. The van der Waals surface area contributed by atoms with Crippen molar-refractivity contribution in [3.63, 3.8) is 0 Å². The lowest BCUT2D eigenvalue weighted by Gasteiger charge is -2.32.